The number of halogens is 2. The summed E-state index contributed by atoms with van der Waals surface area (Å²) in [5.74, 6) is -2.34. The van der Waals surface area contributed by atoms with E-state index in [1.54, 1.807) is 0 Å². The highest BCUT2D eigenvalue weighted by Gasteiger charge is 2.25. The quantitative estimate of drug-likeness (QED) is 0.914. The highest BCUT2D eigenvalue weighted by atomic mass is 79.9. The minimum absolute atomic E-state index is 0.167. The Morgan fingerprint density at radius 3 is 2.35 bits per heavy atom. The first-order chi connectivity index (χ1) is 7.67. The molecule has 0 spiro atoms. The average molecular weight is 326 g/mol. The number of nitrogens with zero attached hydrogens (tertiary/aromatic N) is 1. The maximum absolute atomic E-state index is 13.2. The largest absolute Gasteiger partial charge is 0.478 e. The van der Waals surface area contributed by atoms with Crippen molar-refractivity contribution in [3.05, 3.63) is 28.0 Å². The average Bonchev–Trinajstić information content (AvgIpc) is 2.20. The van der Waals surface area contributed by atoms with E-state index in [-0.39, 0.29) is 4.47 Å². The van der Waals surface area contributed by atoms with E-state index >= 15 is 0 Å². The van der Waals surface area contributed by atoms with Crippen molar-refractivity contribution >= 4 is 31.9 Å². The number of aromatic carboxylic acids is 1. The second-order valence-electron chi connectivity index (χ2n) is 3.36. The number of carboxylic acid groups (broad SMARTS) is 1. The Kier molecular flexibility index (Phi) is 3.90. The lowest BCUT2D eigenvalue weighted by atomic mass is 10.2. The Labute approximate surface area is 106 Å². The third kappa shape index (κ3) is 2.64. The number of sulfonamides is 1. The molecule has 0 bridgehead atoms. The van der Waals surface area contributed by atoms with Gasteiger partial charge in [0.05, 0.1) is 10.0 Å². The van der Waals surface area contributed by atoms with Crippen LogP contribution in [0.25, 0.3) is 0 Å². The molecule has 94 valence electrons. The van der Waals surface area contributed by atoms with E-state index < -0.39 is 32.3 Å². The van der Waals surface area contributed by atoms with Gasteiger partial charge in [0, 0.05) is 14.1 Å². The van der Waals surface area contributed by atoms with Crippen LogP contribution in [0.5, 0.6) is 0 Å². The fraction of sp³-hybridized carbons (Fsp3) is 0.222. The predicted octanol–water partition coefficient (Wildman–Crippen LogP) is 1.54. The molecule has 1 aromatic carbocycles. The first kappa shape index (κ1) is 14.1. The number of carboxylic acids is 1. The van der Waals surface area contributed by atoms with E-state index in [1.807, 2.05) is 0 Å². The first-order valence-corrected chi connectivity index (χ1v) is 6.56. The van der Waals surface area contributed by atoms with Gasteiger partial charge < -0.3 is 5.11 Å². The van der Waals surface area contributed by atoms with E-state index in [0.29, 0.717) is 0 Å². The van der Waals surface area contributed by atoms with Crippen molar-refractivity contribution in [3.63, 3.8) is 0 Å². The van der Waals surface area contributed by atoms with E-state index in [2.05, 4.69) is 15.9 Å². The van der Waals surface area contributed by atoms with Gasteiger partial charge in [-0.1, -0.05) is 0 Å². The fourth-order valence-corrected chi connectivity index (χ4v) is 3.11. The number of rotatable bonds is 3. The van der Waals surface area contributed by atoms with Gasteiger partial charge in [-0.2, -0.15) is 0 Å². The Morgan fingerprint density at radius 2 is 1.94 bits per heavy atom. The van der Waals surface area contributed by atoms with Crippen molar-refractivity contribution < 1.29 is 22.7 Å². The van der Waals surface area contributed by atoms with Gasteiger partial charge in [0.15, 0.2) is 0 Å². The summed E-state index contributed by atoms with van der Waals surface area (Å²) in [5, 5.41) is 8.81. The van der Waals surface area contributed by atoms with E-state index in [9.17, 15) is 17.6 Å². The van der Waals surface area contributed by atoms with Crippen LogP contribution in [0.3, 0.4) is 0 Å². The third-order valence-electron chi connectivity index (χ3n) is 1.99. The lowest BCUT2D eigenvalue weighted by Crippen LogP contribution is -2.23. The Hall–Kier alpha value is -0.990. The predicted molar refractivity (Wildman–Crippen MR) is 61.9 cm³/mol. The summed E-state index contributed by atoms with van der Waals surface area (Å²) in [7, 11) is -1.36. The van der Waals surface area contributed by atoms with Crippen LogP contribution in [-0.4, -0.2) is 37.9 Å². The zero-order valence-corrected chi connectivity index (χ0v) is 11.3. The van der Waals surface area contributed by atoms with Gasteiger partial charge in [-0.3, -0.25) is 0 Å². The van der Waals surface area contributed by atoms with Crippen molar-refractivity contribution in [2.75, 3.05) is 14.1 Å². The molecule has 0 unspecified atom stereocenters. The minimum Gasteiger partial charge on any atom is -0.478 e. The Bertz CT molecular complexity index is 571. The summed E-state index contributed by atoms with van der Waals surface area (Å²) in [6.07, 6.45) is 0. The van der Waals surface area contributed by atoms with Crippen LogP contribution in [0, 0.1) is 5.82 Å². The highest BCUT2D eigenvalue weighted by molar-refractivity contribution is 9.10. The molecular formula is C9H9BrFNO4S. The molecular weight excluding hydrogens is 317 g/mol. The Morgan fingerprint density at radius 1 is 1.41 bits per heavy atom. The molecule has 0 atom stereocenters. The van der Waals surface area contributed by atoms with Gasteiger partial charge in [-0.05, 0) is 28.1 Å². The van der Waals surface area contributed by atoms with Crippen molar-refractivity contribution in [2.45, 2.75) is 4.90 Å². The molecule has 0 aromatic heterocycles. The van der Waals surface area contributed by atoms with Crippen LogP contribution in [0.2, 0.25) is 0 Å². The standard InChI is InChI=1S/C9H9BrFNO4S/c1-12(2)17(15,16)7-4-5(11)3-6(8(7)10)9(13)14/h3-4H,1-2H3,(H,13,14). The molecule has 8 heteroatoms. The molecule has 0 saturated heterocycles. The lowest BCUT2D eigenvalue weighted by Gasteiger charge is -2.14. The topological polar surface area (TPSA) is 74.7 Å². The SMILES string of the molecule is CN(C)S(=O)(=O)c1cc(F)cc(C(=O)O)c1Br. The fourth-order valence-electron chi connectivity index (χ4n) is 1.10. The molecule has 0 heterocycles. The van der Waals surface area contributed by atoms with Crippen LogP contribution >= 0.6 is 15.9 Å². The van der Waals surface area contributed by atoms with Crippen molar-refractivity contribution in [1.82, 2.24) is 4.31 Å². The molecule has 17 heavy (non-hydrogen) atoms. The zero-order chi connectivity index (χ0) is 13.4. The summed E-state index contributed by atoms with van der Waals surface area (Å²) in [5.41, 5.74) is -0.439. The maximum Gasteiger partial charge on any atom is 0.336 e. The number of hydrogen-bond acceptors (Lipinski definition) is 3. The van der Waals surface area contributed by atoms with Gasteiger partial charge in [-0.15, -0.1) is 0 Å². The summed E-state index contributed by atoms with van der Waals surface area (Å²) >= 11 is 2.87. The lowest BCUT2D eigenvalue weighted by molar-refractivity contribution is 0.0695. The number of carbonyl (C=O) groups is 1. The normalized spacial score (nSPS) is 11.8. The summed E-state index contributed by atoms with van der Waals surface area (Å²) < 4.78 is 37.5. The summed E-state index contributed by atoms with van der Waals surface area (Å²) in [6.45, 7) is 0. The molecule has 1 aromatic rings. The van der Waals surface area contributed by atoms with Crippen molar-refractivity contribution in [3.8, 4) is 0 Å². The molecule has 0 aliphatic heterocycles. The highest BCUT2D eigenvalue weighted by Crippen LogP contribution is 2.28. The van der Waals surface area contributed by atoms with Crippen LogP contribution in [0.15, 0.2) is 21.5 Å². The van der Waals surface area contributed by atoms with Crippen LogP contribution in [0.4, 0.5) is 4.39 Å². The monoisotopic (exact) mass is 325 g/mol. The van der Waals surface area contributed by atoms with Gasteiger partial charge in [-0.25, -0.2) is 21.9 Å². The van der Waals surface area contributed by atoms with E-state index in [1.165, 1.54) is 14.1 Å². The maximum atomic E-state index is 13.2. The molecule has 0 aliphatic carbocycles. The second-order valence-corrected chi connectivity index (χ2v) is 6.27. The molecule has 0 saturated carbocycles. The molecule has 0 fully saturated rings. The molecule has 1 rings (SSSR count). The van der Waals surface area contributed by atoms with Crippen LogP contribution in [0.1, 0.15) is 10.4 Å². The van der Waals surface area contributed by atoms with Crippen molar-refractivity contribution in [1.29, 1.82) is 0 Å². The zero-order valence-electron chi connectivity index (χ0n) is 8.94. The Balaban J connectivity index is 3.62. The molecule has 5 nitrogen and oxygen atoms in total. The van der Waals surface area contributed by atoms with Crippen LogP contribution < -0.4 is 0 Å². The number of benzene rings is 1. The molecule has 0 aliphatic rings. The number of hydrogen-bond donors (Lipinski definition) is 1. The van der Waals surface area contributed by atoms with Gasteiger partial charge in [0.25, 0.3) is 0 Å². The van der Waals surface area contributed by atoms with E-state index in [0.717, 1.165) is 16.4 Å². The third-order valence-corrected chi connectivity index (χ3v) is 4.95. The van der Waals surface area contributed by atoms with Gasteiger partial charge >= 0.3 is 5.97 Å². The minimum atomic E-state index is -3.90. The smallest absolute Gasteiger partial charge is 0.336 e. The summed E-state index contributed by atoms with van der Waals surface area (Å²) in [6, 6.07) is 1.52. The summed E-state index contributed by atoms with van der Waals surface area (Å²) in [4.78, 5) is 10.4. The van der Waals surface area contributed by atoms with E-state index in [4.69, 9.17) is 5.11 Å². The first-order valence-electron chi connectivity index (χ1n) is 4.32. The molecule has 0 radical (unpaired) electrons. The second kappa shape index (κ2) is 4.71. The van der Waals surface area contributed by atoms with Crippen molar-refractivity contribution in [2.24, 2.45) is 0 Å². The molecule has 1 N–H and O–H groups in total. The van der Waals surface area contributed by atoms with Gasteiger partial charge in [0.2, 0.25) is 10.0 Å². The van der Waals surface area contributed by atoms with Crippen LogP contribution in [-0.2, 0) is 10.0 Å². The van der Waals surface area contributed by atoms with Gasteiger partial charge in [0.1, 0.15) is 10.7 Å². The molecule has 0 amide bonds.